The maximum Gasteiger partial charge on any atom is 0.226 e. The predicted octanol–water partition coefficient (Wildman–Crippen LogP) is 5.89. The number of hydrogen-bond donors (Lipinski definition) is 0. The van der Waals surface area contributed by atoms with E-state index in [1.165, 1.54) is 0 Å². The van der Waals surface area contributed by atoms with E-state index in [4.69, 9.17) is 9.15 Å². The van der Waals surface area contributed by atoms with Gasteiger partial charge >= 0.3 is 0 Å². The molecular formula is C25H20N4O2S. The Hall–Kier alpha value is -3.84. The molecule has 0 N–H and O–H groups in total. The summed E-state index contributed by atoms with van der Waals surface area (Å²) in [5.41, 5.74) is 3.76. The predicted molar refractivity (Wildman–Crippen MR) is 125 cm³/mol. The highest BCUT2D eigenvalue weighted by Crippen LogP contribution is 2.31. The molecule has 0 bridgehead atoms. The van der Waals surface area contributed by atoms with Gasteiger partial charge in [0.1, 0.15) is 12.0 Å². The van der Waals surface area contributed by atoms with Crippen molar-refractivity contribution in [2.45, 2.75) is 10.9 Å². The van der Waals surface area contributed by atoms with Gasteiger partial charge in [0.05, 0.1) is 12.8 Å². The highest BCUT2D eigenvalue weighted by Gasteiger charge is 2.17. The Bertz CT molecular complexity index is 1300. The molecular weight excluding hydrogens is 420 g/mol. The zero-order valence-corrected chi connectivity index (χ0v) is 18.2. The summed E-state index contributed by atoms with van der Waals surface area (Å²) in [4.78, 5) is 4.62. The van der Waals surface area contributed by atoms with Crippen molar-refractivity contribution in [2.24, 2.45) is 0 Å². The third-order valence-corrected chi connectivity index (χ3v) is 5.88. The van der Waals surface area contributed by atoms with Crippen molar-refractivity contribution in [2.75, 3.05) is 7.11 Å². The van der Waals surface area contributed by atoms with Gasteiger partial charge in [0.2, 0.25) is 5.89 Å². The van der Waals surface area contributed by atoms with Crippen LogP contribution in [0.15, 0.2) is 101 Å². The second-order valence-electron chi connectivity index (χ2n) is 7.00. The Labute approximate surface area is 189 Å². The van der Waals surface area contributed by atoms with Gasteiger partial charge in [-0.25, -0.2) is 4.98 Å². The van der Waals surface area contributed by atoms with Crippen LogP contribution >= 0.6 is 11.8 Å². The normalized spacial score (nSPS) is 10.9. The van der Waals surface area contributed by atoms with Crippen LogP contribution in [-0.4, -0.2) is 26.9 Å². The molecule has 0 aliphatic carbocycles. The Kier molecular flexibility index (Phi) is 5.72. The zero-order valence-electron chi connectivity index (χ0n) is 17.4. The topological polar surface area (TPSA) is 66.0 Å². The first kappa shape index (κ1) is 20.1. The second-order valence-corrected chi connectivity index (χ2v) is 7.95. The maximum atomic E-state index is 5.67. The van der Waals surface area contributed by atoms with Crippen LogP contribution in [0.5, 0.6) is 5.75 Å². The van der Waals surface area contributed by atoms with Gasteiger partial charge in [-0.05, 0) is 36.4 Å². The molecule has 5 aromatic rings. The van der Waals surface area contributed by atoms with Crippen LogP contribution in [0.2, 0.25) is 0 Å². The number of aromatic nitrogens is 4. The first-order valence-corrected chi connectivity index (χ1v) is 11.1. The molecule has 0 aliphatic rings. The minimum absolute atomic E-state index is 0.611. The molecule has 158 valence electrons. The quantitative estimate of drug-likeness (QED) is 0.294. The molecule has 0 fully saturated rings. The molecule has 0 amide bonds. The number of hydrogen-bond acceptors (Lipinski definition) is 6. The summed E-state index contributed by atoms with van der Waals surface area (Å²) >= 11 is 1.56. The van der Waals surface area contributed by atoms with E-state index in [0.29, 0.717) is 11.6 Å². The number of thioether (sulfide) groups is 1. The van der Waals surface area contributed by atoms with Gasteiger partial charge in [-0.2, -0.15) is 0 Å². The third kappa shape index (κ3) is 4.15. The van der Waals surface area contributed by atoms with Crippen molar-refractivity contribution in [1.82, 2.24) is 19.7 Å². The van der Waals surface area contributed by atoms with Gasteiger partial charge in [0.25, 0.3) is 0 Å². The molecule has 0 aliphatic heterocycles. The minimum Gasteiger partial charge on any atom is -0.497 e. The van der Waals surface area contributed by atoms with Gasteiger partial charge in [-0.15, -0.1) is 10.2 Å². The van der Waals surface area contributed by atoms with Crippen molar-refractivity contribution < 1.29 is 9.15 Å². The summed E-state index contributed by atoms with van der Waals surface area (Å²) in [5.74, 6) is 2.80. The van der Waals surface area contributed by atoms with E-state index in [1.807, 2.05) is 84.9 Å². The number of rotatable bonds is 7. The summed E-state index contributed by atoms with van der Waals surface area (Å²) in [6.45, 7) is 0. The maximum absolute atomic E-state index is 5.67. The Morgan fingerprint density at radius 2 is 1.53 bits per heavy atom. The highest BCUT2D eigenvalue weighted by atomic mass is 32.2. The molecule has 0 saturated heterocycles. The van der Waals surface area contributed by atoms with Crippen LogP contribution in [0.4, 0.5) is 0 Å². The van der Waals surface area contributed by atoms with E-state index >= 15 is 0 Å². The molecule has 32 heavy (non-hydrogen) atoms. The standard InChI is InChI=1S/C25H20N4O2S/c1-30-22-14-12-21(13-15-22)29-23(18-8-4-2-5-9-18)27-28-25(29)32-17-20-16-31-24(26-20)19-10-6-3-7-11-19/h2-16H,17H2,1H3. The van der Waals surface area contributed by atoms with Crippen LogP contribution in [-0.2, 0) is 5.75 Å². The lowest BCUT2D eigenvalue weighted by molar-refractivity contribution is 0.414. The average molecular weight is 441 g/mol. The van der Waals surface area contributed by atoms with Crippen LogP contribution in [0.1, 0.15) is 5.69 Å². The van der Waals surface area contributed by atoms with Crippen LogP contribution < -0.4 is 4.74 Å². The van der Waals surface area contributed by atoms with Crippen LogP contribution in [0.25, 0.3) is 28.5 Å². The van der Waals surface area contributed by atoms with Crippen LogP contribution in [0.3, 0.4) is 0 Å². The molecule has 5 rings (SSSR count). The lowest BCUT2D eigenvalue weighted by Gasteiger charge is -2.11. The molecule has 3 aromatic carbocycles. The van der Waals surface area contributed by atoms with Crippen LogP contribution in [0, 0.1) is 0 Å². The molecule has 0 saturated carbocycles. The van der Waals surface area contributed by atoms with Gasteiger partial charge in [0.15, 0.2) is 11.0 Å². The van der Waals surface area contributed by atoms with Crippen molar-refractivity contribution >= 4 is 11.8 Å². The SMILES string of the molecule is COc1ccc(-n2c(SCc3coc(-c4ccccc4)n3)nnc2-c2ccccc2)cc1. The minimum atomic E-state index is 0.611. The van der Waals surface area contributed by atoms with Crippen molar-refractivity contribution in [3.05, 3.63) is 96.9 Å². The van der Waals surface area contributed by atoms with E-state index < -0.39 is 0 Å². The molecule has 0 atom stereocenters. The van der Waals surface area contributed by atoms with Crippen molar-refractivity contribution in [3.8, 4) is 34.3 Å². The fourth-order valence-electron chi connectivity index (χ4n) is 3.33. The molecule has 0 unspecified atom stereocenters. The zero-order chi connectivity index (χ0) is 21.8. The number of methoxy groups -OCH3 is 1. The van der Waals surface area contributed by atoms with E-state index in [1.54, 1.807) is 25.1 Å². The van der Waals surface area contributed by atoms with Crippen molar-refractivity contribution in [3.63, 3.8) is 0 Å². The molecule has 2 aromatic heterocycles. The highest BCUT2D eigenvalue weighted by molar-refractivity contribution is 7.98. The van der Waals surface area contributed by atoms with Gasteiger partial charge in [0, 0.05) is 22.6 Å². The first-order valence-electron chi connectivity index (χ1n) is 10.1. The lowest BCUT2D eigenvalue weighted by Crippen LogP contribution is -2.00. The lowest BCUT2D eigenvalue weighted by atomic mass is 10.2. The number of oxazole rings is 1. The monoisotopic (exact) mass is 440 g/mol. The second kappa shape index (κ2) is 9.11. The van der Waals surface area contributed by atoms with E-state index in [-0.39, 0.29) is 0 Å². The van der Waals surface area contributed by atoms with E-state index in [0.717, 1.165) is 39.2 Å². The number of benzene rings is 3. The molecule has 0 spiro atoms. The van der Waals surface area contributed by atoms with Gasteiger partial charge < -0.3 is 9.15 Å². The molecule has 2 heterocycles. The summed E-state index contributed by atoms with van der Waals surface area (Å²) in [6.07, 6.45) is 1.70. The Balaban J connectivity index is 1.45. The van der Waals surface area contributed by atoms with Crippen molar-refractivity contribution in [1.29, 1.82) is 0 Å². The molecule has 6 nitrogen and oxygen atoms in total. The number of nitrogens with zero attached hydrogens (tertiary/aromatic N) is 4. The fourth-order valence-corrected chi connectivity index (χ4v) is 4.16. The average Bonchev–Trinajstić information content (AvgIpc) is 3.51. The Morgan fingerprint density at radius 1 is 0.844 bits per heavy atom. The smallest absolute Gasteiger partial charge is 0.226 e. The summed E-state index contributed by atoms with van der Waals surface area (Å²) < 4.78 is 13.0. The largest absolute Gasteiger partial charge is 0.497 e. The molecule has 0 radical (unpaired) electrons. The molecule has 7 heteroatoms. The van der Waals surface area contributed by atoms with Gasteiger partial charge in [-0.1, -0.05) is 60.3 Å². The first-order chi connectivity index (χ1) is 15.8. The number of ether oxygens (including phenoxy) is 1. The Morgan fingerprint density at radius 3 is 2.22 bits per heavy atom. The summed E-state index contributed by atoms with van der Waals surface area (Å²) in [6, 6.07) is 27.8. The third-order valence-electron chi connectivity index (χ3n) is 4.92. The van der Waals surface area contributed by atoms with E-state index in [2.05, 4.69) is 19.7 Å². The summed E-state index contributed by atoms with van der Waals surface area (Å²) in [5, 5.41) is 9.74. The fraction of sp³-hybridized carbons (Fsp3) is 0.0800. The van der Waals surface area contributed by atoms with Gasteiger partial charge in [-0.3, -0.25) is 4.57 Å². The summed E-state index contributed by atoms with van der Waals surface area (Å²) in [7, 11) is 1.66. The van der Waals surface area contributed by atoms with E-state index in [9.17, 15) is 0 Å².